The smallest absolute Gasteiger partial charge is 0.315 e. The number of carbonyl (C=O) groups excluding carboxylic acids is 1. The molecule has 4 heteroatoms. The van der Waals surface area contributed by atoms with Gasteiger partial charge in [0.05, 0.1) is 5.56 Å². The number of halogens is 2. The van der Waals surface area contributed by atoms with Crippen molar-refractivity contribution in [1.29, 1.82) is 0 Å². The van der Waals surface area contributed by atoms with Gasteiger partial charge in [-0.25, -0.2) is 0 Å². The predicted octanol–water partition coefficient (Wildman–Crippen LogP) is 3.42. The largest absolute Gasteiger partial charge is 0.507 e. The van der Waals surface area contributed by atoms with Crippen molar-refractivity contribution in [2.24, 2.45) is 5.92 Å². The fourth-order valence-corrected chi connectivity index (χ4v) is 1.58. The average Bonchev–Trinajstić information content (AvgIpc) is 2.30. The van der Waals surface area contributed by atoms with Crippen LogP contribution in [0, 0.1) is 5.92 Å². The van der Waals surface area contributed by atoms with E-state index in [9.17, 15) is 18.7 Å². The summed E-state index contributed by atoms with van der Waals surface area (Å²) in [5.74, 6) is -6.58. The maximum atomic E-state index is 13.8. The van der Waals surface area contributed by atoms with E-state index in [1.807, 2.05) is 0 Å². The van der Waals surface area contributed by atoms with Gasteiger partial charge in [-0.2, -0.15) is 8.78 Å². The zero-order chi connectivity index (χ0) is 13.1. The Morgan fingerprint density at radius 2 is 2.12 bits per heavy atom. The van der Waals surface area contributed by atoms with Gasteiger partial charge < -0.3 is 5.11 Å². The van der Waals surface area contributed by atoms with Crippen LogP contribution in [0.4, 0.5) is 8.78 Å². The third-order valence-electron chi connectivity index (χ3n) is 2.64. The molecule has 0 amide bonds. The monoisotopic (exact) mass is 240 g/mol. The predicted molar refractivity (Wildman–Crippen MR) is 61.4 cm³/mol. The van der Waals surface area contributed by atoms with Gasteiger partial charge in [0.2, 0.25) is 5.78 Å². The van der Waals surface area contributed by atoms with Crippen molar-refractivity contribution in [3.8, 4) is 5.75 Å². The Labute approximate surface area is 98.6 Å². The Balaban J connectivity index is 3.12. The van der Waals surface area contributed by atoms with Gasteiger partial charge in [-0.05, 0) is 18.6 Å². The van der Waals surface area contributed by atoms with Crippen molar-refractivity contribution in [1.82, 2.24) is 0 Å². The third kappa shape index (κ3) is 2.52. The van der Waals surface area contributed by atoms with E-state index in [1.165, 1.54) is 24.3 Å². The summed E-state index contributed by atoms with van der Waals surface area (Å²) < 4.78 is 27.6. The maximum absolute atomic E-state index is 13.8. The molecule has 0 aliphatic rings. The molecule has 1 rings (SSSR count). The van der Waals surface area contributed by atoms with Crippen LogP contribution in [0.15, 0.2) is 36.9 Å². The lowest BCUT2D eigenvalue weighted by Gasteiger charge is -2.22. The molecule has 0 aliphatic carbocycles. The van der Waals surface area contributed by atoms with Gasteiger partial charge in [-0.3, -0.25) is 4.79 Å². The highest BCUT2D eigenvalue weighted by Crippen LogP contribution is 2.34. The number of hydrogen-bond donors (Lipinski definition) is 1. The van der Waals surface area contributed by atoms with Crippen LogP contribution in [0.25, 0.3) is 0 Å². The number of Topliss-reactive ketones (excluding diaryl/α,β-unsaturated/α-hetero) is 1. The van der Waals surface area contributed by atoms with Gasteiger partial charge in [0.1, 0.15) is 5.75 Å². The second-order valence-corrected chi connectivity index (χ2v) is 3.72. The summed E-state index contributed by atoms with van der Waals surface area (Å²) in [5.41, 5.74) is -0.363. The number of benzene rings is 1. The summed E-state index contributed by atoms with van der Waals surface area (Å²) >= 11 is 0. The first-order valence-electron chi connectivity index (χ1n) is 5.28. The van der Waals surface area contributed by atoms with Crippen LogP contribution in [0.3, 0.4) is 0 Å². The standard InChI is InChI=1S/C13H14F2O2/c1-3-9(4-2)13(14,15)12(17)10-7-5-6-8-11(10)16/h3,5-9,16H,1,4H2,2H3/t9-/m0/s1. The van der Waals surface area contributed by atoms with Gasteiger partial charge in [0, 0.05) is 5.92 Å². The summed E-state index contributed by atoms with van der Waals surface area (Å²) in [5, 5.41) is 9.39. The van der Waals surface area contributed by atoms with Gasteiger partial charge in [-0.15, -0.1) is 6.58 Å². The summed E-state index contributed by atoms with van der Waals surface area (Å²) in [6.45, 7) is 4.86. The summed E-state index contributed by atoms with van der Waals surface area (Å²) in [4.78, 5) is 11.7. The average molecular weight is 240 g/mol. The molecule has 0 aliphatic heterocycles. The second-order valence-electron chi connectivity index (χ2n) is 3.72. The Kier molecular flexibility index (Phi) is 3.99. The number of hydrogen-bond acceptors (Lipinski definition) is 2. The molecular formula is C13H14F2O2. The zero-order valence-electron chi connectivity index (χ0n) is 9.49. The maximum Gasteiger partial charge on any atom is 0.315 e. The van der Waals surface area contributed by atoms with Crippen molar-refractivity contribution in [2.45, 2.75) is 19.3 Å². The molecule has 0 saturated carbocycles. The lowest BCUT2D eigenvalue weighted by atomic mass is 9.91. The first-order chi connectivity index (χ1) is 7.95. The minimum absolute atomic E-state index is 0.107. The Hall–Kier alpha value is -1.71. The first-order valence-corrected chi connectivity index (χ1v) is 5.28. The molecule has 0 saturated heterocycles. The quantitative estimate of drug-likeness (QED) is 0.632. The molecule has 0 unspecified atom stereocenters. The van der Waals surface area contributed by atoms with E-state index in [0.717, 1.165) is 6.08 Å². The molecule has 1 aromatic carbocycles. The van der Waals surface area contributed by atoms with Crippen LogP contribution in [-0.4, -0.2) is 16.8 Å². The third-order valence-corrected chi connectivity index (χ3v) is 2.64. The summed E-state index contributed by atoms with van der Waals surface area (Å²) in [6, 6.07) is 5.28. The molecule has 0 bridgehead atoms. The van der Waals surface area contributed by atoms with Crippen molar-refractivity contribution in [3.05, 3.63) is 42.5 Å². The highest BCUT2D eigenvalue weighted by molar-refractivity contribution is 6.03. The number of rotatable bonds is 5. The molecule has 1 N–H and O–H groups in total. The van der Waals surface area contributed by atoms with Crippen LogP contribution < -0.4 is 0 Å². The summed E-state index contributed by atoms with van der Waals surface area (Å²) in [7, 11) is 0. The van der Waals surface area contributed by atoms with E-state index in [4.69, 9.17) is 0 Å². The molecule has 0 spiro atoms. The van der Waals surface area contributed by atoms with Gasteiger partial charge >= 0.3 is 5.92 Å². The zero-order valence-corrected chi connectivity index (χ0v) is 9.49. The molecule has 1 aromatic rings. The van der Waals surface area contributed by atoms with Crippen LogP contribution in [0.5, 0.6) is 5.75 Å². The number of allylic oxidation sites excluding steroid dienone is 1. The van der Waals surface area contributed by atoms with Crippen LogP contribution in [0.1, 0.15) is 23.7 Å². The number of carbonyl (C=O) groups is 1. The van der Waals surface area contributed by atoms with E-state index in [1.54, 1.807) is 6.92 Å². The molecule has 1 atom stereocenters. The van der Waals surface area contributed by atoms with E-state index in [-0.39, 0.29) is 12.0 Å². The highest BCUT2D eigenvalue weighted by atomic mass is 19.3. The van der Waals surface area contributed by atoms with Crippen molar-refractivity contribution in [3.63, 3.8) is 0 Å². The molecule has 2 nitrogen and oxygen atoms in total. The molecular weight excluding hydrogens is 226 g/mol. The molecule has 0 radical (unpaired) electrons. The molecule has 0 fully saturated rings. The number of phenols is 1. The highest BCUT2D eigenvalue weighted by Gasteiger charge is 2.45. The van der Waals surface area contributed by atoms with Gasteiger partial charge in [0.25, 0.3) is 0 Å². The number of alkyl halides is 2. The van der Waals surface area contributed by atoms with E-state index >= 15 is 0 Å². The normalized spacial score (nSPS) is 13.1. The fourth-order valence-electron chi connectivity index (χ4n) is 1.58. The minimum atomic E-state index is -3.55. The second kappa shape index (κ2) is 5.08. The van der Waals surface area contributed by atoms with E-state index in [0.29, 0.717) is 0 Å². The van der Waals surface area contributed by atoms with Crippen molar-refractivity contribution in [2.75, 3.05) is 0 Å². The van der Waals surface area contributed by atoms with Crippen molar-refractivity contribution >= 4 is 5.78 Å². The fraction of sp³-hybridized carbons (Fsp3) is 0.308. The Morgan fingerprint density at radius 3 is 2.59 bits per heavy atom. The number of phenolic OH excluding ortho intramolecular Hbond substituents is 1. The Bertz CT molecular complexity index is 427. The first kappa shape index (κ1) is 13.4. The molecule has 0 heterocycles. The van der Waals surface area contributed by atoms with Crippen LogP contribution >= 0.6 is 0 Å². The van der Waals surface area contributed by atoms with E-state index < -0.39 is 23.4 Å². The number of aromatic hydroxyl groups is 1. The number of ketones is 1. The van der Waals surface area contributed by atoms with Crippen LogP contribution in [-0.2, 0) is 0 Å². The van der Waals surface area contributed by atoms with Crippen LogP contribution in [0.2, 0.25) is 0 Å². The molecule has 17 heavy (non-hydrogen) atoms. The van der Waals surface area contributed by atoms with Crippen molar-refractivity contribution < 1.29 is 18.7 Å². The molecule has 0 aromatic heterocycles. The Morgan fingerprint density at radius 1 is 1.53 bits per heavy atom. The topological polar surface area (TPSA) is 37.3 Å². The van der Waals surface area contributed by atoms with Gasteiger partial charge in [-0.1, -0.05) is 25.1 Å². The van der Waals surface area contributed by atoms with E-state index in [2.05, 4.69) is 6.58 Å². The molecule has 92 valence electrons. The number of para-hydroxylation sites is 1. The lowest BCUT2D eigenvalue weighted by Crippen LogP contribution is -2.36. The lowest BCUT2D eigenvalue weighted by molar-refractivity contribution is -0.0183. The SMILES string of the molecule is C=C[C@@H](CC)C(F)(F)C(=O)c1ccccc1O. The van der Waals surface area contributed by atoms with Gasteiger partial charge in [0.15, 0.2) is 0 Å². The summed E-state index contributed by atoms with van der Waals surface area (Å²) in [6.07, 6.45) is 1.17. The minimum Gasteiger partial charge on any atom is -0.507 e.